The van der Waals surface area contributed by atoms with Gasteiger partial charge >= 0.3 is 0 Å². The lowest BCUT2D eigenvalue weighted by Gasteiger charge is -2.08. The highest BCUT2D eigenvalue weighted by Gasteiger charge is 1.96. The van der Waals surface area contributed by atoms with Gasteiger partial charge in [-0.25, -0.2) is 0 Å². The smallest absolute Gasteiger partial charge is 0.00489 e. The van der Waals surface area contributed by atoms with E-state index in [4.69, 9.17) is 0 Å². The van der Waals surface area contributed by atoms with Gasteiger partial charge in [-0.15, -0.1) is 0 Å². The van der Waals surface area contributed by atoms with E-state index in [0.29, 0.717) is 0 Å². The molecule has 0 atom stereocenters. The van der Waals surface area contributed by atoms with E-state index in [0.717, 1.165) is 0 Å². The largest absolute Gasteiger partial charge is 0.317 e. The van der Waals surface area contributed by atoms with Crippen LogP contribution in [0, 0.1) is 0 Å². The van der Waals surface area contributed by atoms with Crippen LogP contribution in [0.5, 0.6) is 0 Å². The van der Waals surface area contributed by atoms with Gasteiger partial charge in [-0.2, -0.15) is 0 Å². The van der Waals surface area contributed by atoms with E-state index in [1.54, 1.807) is 0 Å². The number of piperidine rings is 5. The molecular formula is C25H55N5. The minimum atomic E-state index is 1.25. The van der Waals surface area contributed by atoms with Gasteiger partial charge in [0.05, 0.1) is 0 Å². The third-order valence-corrected chi connectivity index (χ3v) is 6.04. The normalized spacial score (nSPS) is 24.0. The molecule has 0 aromatic heterocycles. The molecule has 5 fully saturated rings. The van der Waals surface area contributed by atoms with Crippen molar-refractivity contribution in [3.05, 3.63) is 0 Å². The maximum atomic E-state index is 3.28. The van der Waals surface area contributed by atoms with Crippen molar-refractivity contribution in [3.8, 4) is 0 Å². The van der Waals surface area contributed by atoms with Crippen molar-refractivity contribution < 1.29 is 0 Å². The Labute approximate surface area is 188 Å². The fourth-order valence-corrected chi connectivity index (χ4v) is 4.01. The maximum absolute atomic E-state index is 3.28. The lowest BCUT2D eigenvalue weighted by molar-refractivity contribution is 0.520. The SMILES string of the molecule is C1CCNCC1.C1CCNCC1.C1CCNCC1.C1CCNCC1.C1CCNCC1. The highest BCUT2D eigenvalue weighted by molar-refractivity contribution is 4.57. The molecule has 0 amide bonds. The summed E-state index contributed by atoms with van der Waals surface area (Å²) >= 11 is 0. The summed E-state index contributed by atoms with van der Waals surface area (Å²) in [6.45, 7) is 12.5. The molecule has 0 aromatic rings. The third kappa shape index (κ3) is 22.5. The van der Waals surface area contributed by atoms with Crippen LogP contribution in [0.1, 0.15) is 96.3 Å². The van der Waals surface area contributed by atoms with Gasteiger partial charge in [-0.1, -0.05) is 32.1 Å². The topological polar surface area (TPSA) is 60.1 Å². The standard InChI is InChI=1S/5C5H11N/c5*1-2-4-6-5-3-1/h5*6H,1-5H2. The zero-order chi connectivity index (χ0) is 21.2. The highest BCUT2D eigenvalue weighted by atomic mass is 14.9. The van der Waals surface area contributed by atoms with Crippen LogP contribution in [0.4, 0.5) is 0 Å². The summed E-state index contributed by atoms with van der Waals surface area (Å²) in [6.07, 6.45) is 21.1. The molecule has 5 nitrogen and oxygen atoms in total. The molecule has 5 aliphatic rings. The van der Waals surface area contributed by atoms with Crippen LogP contribution in [-0.2, 0) is 0 Å². The second kappa shape index (κ2) is 25.1. The molecule has 5 aliphatic heterocycles. The van der Waals surface area contributed by atoms with E-state index in [-0.39, 0.29) is 0 Å². The number of rotatable bonds is 0. The first-order valence-electron chi connectivity index (χ1n) is 13.5. The van der Waals surface area contributed by atoms with Crippen LogP contribution < -0.4 is 26.6 Å². The van der Waals surface area contributed by atoms with E-state index >= 15 is 0 Å². The molecule has 180 valence electrons. The van der Waals surface area contributed by atoms with E-state index < -0.39 is 0 Å². The van der Waals surface area contributed by atoms with E-state index in [1.165, 1.54) is 162 Å². The maximum Gasteiger partial charge on any atom is -0.00489 e. The molecule has 0 spiro atoms. The van der Waals surface area contributed by atoms with Gasteiger partial charge in [0.25, 0.3) is 0 Å². The van der Waals surface area contributed by atoms with E-state index in [1.807, 2.05) is 0 Å². The van der Waals surface area contributed by atoms with Crippen LogP contribution in [0.3, 0.4) is 0 Å². The van der Waals surface area contributed by atoms with Gasteiger partial charge in [0.2, 0.25) is 0 Å². The lowest BCUT2D eigenvalue weighted by atomic mass is 10.2. The van der Waals surface area contributed by atoms with E-state index in [2.05, 4.69) is 26.6 Å². The molecule has 5 heteroatoms. The molecule has 5 saturated heterocycles. The van der Waals surface area contributed by atoms with Gasteiger partial charge < -0.3 is 26.6 Å². The predicted molar refractivity (Wildman–Crippen MR) is 134 cm³/mol. The van der Waals surface area contributed by atoms with Crippen molar-refractivity contribution in [3.63, 3.8) is 0 Å². The van der Waals surface area contributed by atoms with Crippen LogP contribution in [0.15, 0.2) is 0 Å². The minimum absolute atomic E-state index is 1.25. The summed E-state index contributed by atoms with van der Waals surface area (Å²) in [6, 6.07) is 0. The first-order chi connectivity index (χ1) is 15.0. The van der Waals surface area contributed by atoms with Gasteiger partial charge in [-0.05, 0) is 130 Å². The molecule has 0 saturated carbocycles. The monoisotopic (exact) mass is 425 g/mol. The number of hydrogen-bond acceptors (Lipinski definition) is 5. The second-order valence-electron chi connectivity index (χ2n) is 9.05. The van der Waals surface area contributed by atoms with Crippen LogP contribution >= 0.6 is 0 Å². The Morgan fingerprint density at radius 3 is 0.333 bits per heavy atom. The second-order valence-corrected chi connectivity index (χ2v) is 9.05. The van der Waals surface area contributed by atoms with Gasteiger partial charge in [0.1, 0.15) is 0 Å². The minimum Gasteiger partial charge on any atom is -0.317 e. The average molecular weight is 426 g/mol. The molecule has 5 heterocycles. The number of hydrogen-bond donors (Lipinski definition) is 5. The Morgan fingerprint density at radius 2 is 0.300 bits per heavy atom. The van der Waals surface area contributed by atoms with Crippen molar-refractivity contribution in [1.29, 1.82) is 0 Å². The first-order valence-corrected chi connectivity index (χ1v) is 13.5. The molecule has 5 rings (SSSR count). The highest BCUT2D eigenvalue weighted by Crippen LogP contribution is 1.98. The Kier molecular flexibility index (Phi) is 23.3. The van der Waals surface area contributed by atoms with Gasteiger partial charge in [-0.3, -0.25) is 0 Å². The fraction of sp³-hybridized carbons (Fsp3) is 1.00. The first kappa shape index (κ1) is 27.8. The van der Waals surface area contributed by atoms with Gasteiger partial charge in [0, 0.05) is 0 Å². The molecule has 0 bridgehead atoms. The summed E-state index contributed by atoms with van der Waals surface area (Å²) in [5.74, 6) is 0. The molecular weight excluding hydrogens is 370 g/mol. The zero-order valence-electron chi connectivity index (χ0n) is 20.2. The average Bonchev–Trinajstić information content (AvgIpc) is 2.91. The predicted octanol–water partition coefficient (Wildman–Crippen LogP) is 3.80. The van der Waals surface area contributed by atoms with Crippen molar-refractivity contribution in [2.45, 2.75) is 96.3 Å². The summed E-state index contributed by atoms with van der Waals surface area (Å²) in [5, 5.41) is 16.4. The summed E-state index contributed by atoms with van der Waals surface area (Å²) in [7, 11) is 0. The van der Waals surface area contributed by atoms with E-state index in [9.17, 15) is 0 Å². The summed E-state index contributed by atoms with van der Waals surface area (Å²) in [5.41, 5.74) is 0. The Hall–Kier alpha value is -0.200. The molecule has 0 unspecified atom stereocenters. The summed E-state index contributed by atoms with van der Waals surface area (Å²) < 4.78 is 0. The Balaban J connectivity index is 0.000000187. The summed E-state index contributed by atoms with van der Waals surface area (Å²) in [4.78, 5) is 0. The Bertz CT molecular complexity index is 167. The molecule has 5 N–H and O–H groups in total. The third-order valence-electron chi connectivity index (χ3n) is 6.04. The van der Waals surface area contributed by atoms with Crippen LogP contribution in [-0.4, -0.2) is 65.4 Å². The van der Waals surface area contributed by atoms with Crippen molar-refractivity contribution >= 4 is 0 Å². The van der Waals surface area contributed by atoms with Crippen molar-refractivity contribution in [2.24, 2.45) is 0 Å². The lowest BCUT2D eigenvalue weighted by Crippen LogP contribution is -2.21. The van der Waals surface area contributed by atoms with Crippen molar-refractivity contribution in [1.82, 2.24) is 26.6 Å². The fourth-order valence-electron chi connectivity index (χ4n) is 4.01. The quantitative estimate of drug-likeness (QED) is 0.409. The number of nitrogens with one attached hydrogen (secondary N) is 5. The van der Waals surface area contributed by atoms with Crippen LogP contribution in [0.25, 0.3) is 0 Å². The van der Waals surface area contributed by atoms with Gasteiger partial charge in [0.15, 0.2) is 0 Å². The molecule has 0 aromatic carbocycles. The molecule has 0 radical (unpaired) electrons. The molecule has 30 heavy (non-hydrogen) atoms. The zero-order valence-corrected chi connectivity index (χ0v) is 20.2. The van der Waals surface area contributed by atoms with Crippen LogP contribution in [0.2, 0.25) is 0 Å². The van der Waals surface area contributed by atoms with Crippen molar-refractivity contribution in [2.75, 3.05) is 65.4 Å². The molecule has 0 aliphatic carbocycles. The Morgan fingerprint density at radius 1 is 0.167 bits per heavy atom.